The van der Waals surface area contributed by atoms with Crippen molar-refractivity contribution in [1.29, 1.82) is 0 Å². The van der Waals surface area contributed by atoms with Crippen molar-refractivity contribution < 1.29 is 23.7 Å². The van der Waals surface area contributed by atoms with E-state index in [1.165, 1.54) is 0 Å². The van der Waals surface area contributed by atoms with E-state index in [0.29, 0.717) is 6.61 Å². The summed E-state index contributed by atoms with van der Waals surface area (Å²) in [6.07, 6.45) is 4.93. The molecule has 0 bridgehead atoms. The smallest absolute Gasteiger partial charge is 0.136 e. The number of benzene rings is 2. The summed E-state index contributed by atoms with van der Waals surface area (Å²) in [7, 11) is 5.02. The third-order valence-electron chi connectivity index (χ3n) is 5.34. The van der Waals surface area contributed by atoms with E-state index < -0.39 is 0 Å². The van der Waals surface area contributed by atoms with Crippen LogP contribution in [0.15, 0.2) is 30.3 Å². The van der Waals surface area contributed by atoms with Crippen molar-refractivity contribution >= 4 is 6.08 Å². The van der Waals surface area contributed by atoms with Gasteiger partial charge in [-0.2, -0.15) is 0 Å². The quantitative estimate of drug-likeness (QED) is 0.772. The maximum absolute atomic E-state index is 6.15. The lowest BCUT2D eigenvalue weighted by molar-refractivity contribution is 0.156. The second-order valence-corrected chi connectivity index (χ2v) is 7.66. The molecule has 2 aliphatic rings. The van der Waals surface area contributed by atoms with Crippen molar-refractivity contribution in [2.75, 3.05) is 27.9 Å². The SMILES string of the molecule is COc1ccc([C@@H]2COc3cc4c(c(OC)c3C2)C=CC(C)(C)O4)c(OC)c1. The molecular formula is C23H26O5. The zero-order chi connectivity index (χ0) is 19.9. The van der Waals surface area contributed by atoms with Gasteiger partial charge in [-0.3, -0.25) is 0 Å². The summed E-state index contributed by atoms with van der Waals surface area (Å²) in [4.78, 5) is 0. The van der Waals surface area contributed by atoms with Crippen LogP contribution in [0.5, 0.6) is 28.7 Å². The van der Waals surface area contributed by atoms with Crippen LogP contribution in [-0.4, -0.2) is 33.5 Å². The standard InChI is InChI=1S/C23H26O5/c1-23(2)9-8-17-21(28-23)12-20-18(22(17)26-5)10-14(13-27-20)16-7-6-15(24-3)11-19(16)25-4/h6-9,11-12,14H,10,13H2,1-5H3/t14-/m0/s1. The molecule has 4 rings (SSSR count). The number of ether oxygens (including phenoxy) is 5. The van der Waals surface area contributed by atoms with E-state index in [1.54, 1.807) is 21.3 Å². The lowest BCUT2D eigenvalue weighted by Crippen LogP contribution is -2.28. The molecule has 0 amide bonds. The van der Waals surface area contributed by atoms with Crippen molar-refractivity contribution in [3.63, 3.8) is 0 Å². The largest absolute Gasteiger partial charge is 0.497 e. The second-order valence-electron chi connectivity index (χ2n) is 7.66. The summed E-state index contributed by atoms with van der Waals surface area (Å²) >= 11 is 0. The fraction of sp³-hybridized carbons (Fsp3) is 0.391. The highest BCUT2D eigenvalue weighted by Crippen LogP contribution is 2.48. The zero-order valence-electron chi connectivity index (χ0n) is 17.0. The van der Waals surface area contributed by atoms with Crippen LogP contribution in [0, 0.1) is 0 Å². The first-order valence-corrected chi connectivity index (χ1v) is 9.42. The molecular weight excluding hydrogens is 356 g/mol. The van der Waals surface area contributed by atoms with Gasteiger partial charge in [0.1, 0.15) is 34.3 Å². The molecule has 0 spiro atoms. The molecule has 0 aromatic heterocycles. The van der Waals surface area contributed by atoms with E-state index in [0.717, 1.165) is 51.9 Å². The van der Waals surface area contributed by atoms with Crippen molar-refractivity contribution in [2.45, 2.75) is 31.8 Å². The Kier molecular flexibility index (Phi) is 4.61. The third kappa shape index (κ3) is 3.15. The van der Waals surface area contributed by atoms with Gasteiger partial charge in [0.05, 0.1) is 33.5 Å². The van der Waals surface area contributed by atoms with Crippen LogP contribution >= 0.6 is 0 Å². The van der Waals surface area contributed by atoms with Crippen LogP contribution in [0.2, 0.25) is 0 Å². The fourth-order valence-electron chi connectivity index (χ4n) is 3.92. The molecule has 2 aromatic carbocycles. The van der Waals surface area contributed by atoms with Crippen LogP contribution in [0.3, 0.4) is 0 Å². The van der Waals surface area contributed by atoms with E-state index >= 15 is 0 Å². The van der Waals surface area contributed by atoms with Gasteiger partial charge in [0.15, 0.2) is 0 Å². The van der Waals surface area contributed by atoms with E-state index in [4.69, 9.17) is 23.7 Å². The minimum atomic E-state index is -0.347. The molecule has 5 heteroatoms. The molecule has 0 unspecified atom stereocenters. The minimum Gasteiger partial charge on any atom is -0.497 e. The number of methoxy groups -OCH3 is 3. The average molecular weight is 382 g/mol. The van der Waals surface area contributed by atoms with Crippen LogP contribution < -0.4 is 23.7 Å². The molecule has 0 saturated heterocycles. The molecule has 2 aliphatic heterocycles. The molecule has 0 saturated carbocycles. The monoisotopic (exact) mass is 382 g/mol. The molecule has 5 nitrogen and oxygen atoms in total. The number of rotatable bonds is 4. The first kappa shape index (κ1) is 18.5. The molecule has 0 radical (unpaired) electrons. The maximum atomic E-state index is 6.15. The lowest BCUT2D eigenvalue weighted by atomic mass is 9.87. The zero-order valence-corrected chi connectivity index (χ0v) is 17.0. The Labute approximate surface area is 165 Å². The summed E-state index contributed by atoms with van der Waals surface area (Å²) in [6.45, 7) is 4.63. The predicted molar refractivity (Wildman–Crippen MR) is 108 cm³/mol. The Hall–Kier alpha value is -2.82. The van der Waals surface area contributed by atoms with E-state index in [2.05, 4.69) is 12.2 Å². The number of fused-ring (bicyclic) bond motifs is 2. The highest BCUT2D eigenvalue weighted by atomic mass is 16.5. The normalized spacial score (nSPS) is 19.0. The Bertz CT molecular complexity index is 929. The molecule has 0 N–H and O–H groups in total. The van der Waals surface area contributed by atoms with Crippen LogP contribution in [-0.2, 0) is 6.42 Å². The van der Waals surface area contributed by atoms with Crippen LogP contribution in [0.1, 0.15) is 36.5 Å². The van der Waals surface area contributed by atoms with E-state index in [-0.39, 0.29) is 11.5 Å². The number of hydrogen-bond donors (Lipinski definition) is 0. The Balaban J connectivity index is 1.73. The molecule has 2 aromatic rings. The third-order valence-corrected chi connectivity index (χ3v) is 5.34. The van der Waals surface area contributed by atoms with E-state index in [1.807, 2.05) is 38.1 Å². The van der Waals surface area contributed by atoms with Crippen molar-refractivity contribution in [3.05, 3.63) is 47.0 Å². The van der Waals surface area contributed by atoms with Gasteiger partial charge >= 0.3 is 0 Å². The van der Waals surface area contributed by atoms with Gasteiger partial charge in [-0.15, -0.1) is 0 Å². The molecule has 148 valence electrons. The molecule has 2 heterocycles. The highest BCUT2D eigenvalue weighted by Gasteiger charge is 2.32. The van der Waals surface area contributed by atoms with Gasteiger partial charge in [0.25, 0.3) is 0 Å². The first-order chi connectivity index (χ1) is 13.5. The summed E-state index contributed by atoms with van der Waals surface area (Å²) in [5.41, 5.74) is 2.77. The van der Waals surface area contributed by atoms with Crippen LogP contribution in [0.4, 0.5) is 0 Å². The van der Waals surface area contributed by atoms with Crippen LogP contribution in [0.25, 0.3) is 6.08 Å². The fourth-order valence-corrected chi connectivity index (χ4v) is 3.92. The Morgan fingerprint density at radius 3 is 2.54 bits per heavy atom. The van der Waals surface area contributed by atoms with Gasteiger partial charge < -0.3 is 23.7 Å². The molecule has 1 atom stereocenters. The van der Waals surface area contributed by atoms with Gasteiger partial charge in [-0.25, -0.2) is 0 Å². The highest BCUT2D eigenvalue weighted by molar-refractivity contribution is 5.72. The maximum Gasteiger partial charge on any atom is 0.136 e. The first-order valence-electron chi connectivity index (χ1n) is 9.42. The summed E-state index contributed by atoms with van der Waals surface area (Å²) in [5, 5.41) is 0. The summed E-state index contributed by atoms with van der Waals surface area (Å²) in [6, 6.07) is 7.90. The minimum absolute atomic E-state index is 0.158. The van der Waals surface area contributed by atoms with Gasteiger partial charge in [0.2, 0.25) is 0 Å². The Morgan fingerprint density at radius 1 is 1.00 bits per heavy atom. The molecule has 0 aliphatic carbocycles. The molecule has 0 fully saturated rings. The lowest BCUT2D eigenvalue weighted by Gasteiger charge is -2.33. The Morgan fingerprint density at radius 2 is 1.82 bits per heavy atom. The summed E-state index contributed by atoms with van der Waals surface area (Å²) in [5.74, 6) is 4.17. The van der Waals surface area contributed by atoms with Crippen molar-refractivity contribution in [2.24, 2.45) is 0 Å². The summed E-state index contributed by atoms with van der Waals surface area (Å²) < 4.78 is 29.0. The molecule has 28 heavy (non-hydrogen) atoms. The second kappa shape index (κ2) is 6.97. The average Bonchev–Trinajstić information content (AvgIpc) is 2.70. The predicted octanol–water partition coefficient (Wildman–Crippen LogP) is 4.62. The van der Waals surface area contributed by atoms with Crippen molar-refractivity contribution in [3.8, 4) is 28.7 Å². The van der Waals surface area contributed by atoms with E-state index in [9.17, 15) is 0 Å². The van der Waals surface area contributed by atoms with Gasteiger partial charge in [-0.1, -0.05) is 6.07 Å². The van der Waals surface area contributed by atoms with Crippen molar-refractivity contribution in [1.82, 2.24) is 0 Å². The van der Waals surface area contributed by atoms with Gasteiger partial charge in [0, 0.05) is 29.2 Å². The topological polar surface area (TPSA) is 46.2 Å². The van der Waals surface area contributed by atoms with Gasteiger partial charge in [-0.05, 0) is 38.5 Å². The number of hydrogen-bond acceptors (Lipinski definition) is 5.